The van der Waals surface area contributed by atoms with Gasteiger partial charge < -0.3 is 20.4 Å². The molecule has 7 heteroatoms. The second-order valence-electron chi connectivity index (χ2n) is 5.01. The summed E-state index contributed by atoms with van der Waals surface area (Å²) in [5.74, 6) is 0.493. The van der Waals surface area contributed by atoms with Gasteiger partial charge in [-0.1, -0.05) is 0 Å². The smallest absolute Gasteiger partial charge is 0.241 e. The molecule has 0 radical (unpaired) electrons. The molecule has 0 spiro atoms. The van der Waals surface area contributed by atoms with Crippen molar-refractivity contribution in [1.29, 1.82) is 0 Å². The predicted molar refractivity (Wildman–Crippen MR) is 78.5 cm³/mol. The van der Waals surface area contributed by atoms with Crippen molar-refractivity contribution >= 4 is 17.8 Å². The first-order valence-corrected chi connectivity index (χ1v) is 6.97. The normalized spacial score (nSPS) is 15.8. The van der Waals surface area contributed by atoms with Crippen molar-refractivity contribution in [3.8, 4) is 0 Å². The van der Waals surface area contributed by atoms with E-state index in [0.29, 0.717) is 5.96 Å². The first-order chi connectivity index (χ1) is 9.54. The zero-order chi connectivity index (χ0) is 15.0. The lowest BCUT2D eigenvalue weighted by Gasteiger charge is -2.27. The van der Waals surface area contributed by atoms with Gasteiger partial charge in [0, 0.05) is 34.2 Å². The van der Waals surface area contributed by atoms with Crippen LogP contribution in [0.4, 0.5) is 0 Å². The summed E-state index contributed by atoms with van der Waals surface area (Å²) in [6.45, 7) is 2.04. The molecular formula is C13H25N5O2. The quantitative estimate of drug-likeness (QED) is 0.526. The number of guanidine groups is 1. The third-order valence-corrected chi connectivity index (χ3v) is 3.25. The number of carbonyl (C=O) groups is 2. The third kappa shape index (κ3) is 5.46. The minimum absolute atomic E-state index is 0.0460. The van der Waals surface area contributed by atoms with Crippen molar-refractivity contribution in [2.75, 3.05) is 47.3 Å². The zero-order valence-electron chi connectivity index (χ0n) is 12.6. The molecule has 1 aliphatic rings. The van der Waals surface area contributed by atoms with E-state index in [9.17, 15) is 9.59 Å². The maximum atomic E-state index is 12.0. The van der Waals surface area contributed by atoms with E-state index in [-0.39, 0.29) is 24.9 Å². The van der Waals surface area contributed by atoms with Gasteiger partial charge in [-0.05, 0) is 19.3 Å². The Balaban J connectivity index is 2.30. The number of nitrogens with one attached hydrogen (secondary N) is 2. The molecule has 0 aromatic carbocycles. The van der Waals surface area contributed by atoms with Crippen molar-refractivity contribution in [2.24, 2.45) is 4.99 Å². The number of hydrogen-bond donors (Lipinski definition) is 2. The van der Waals surface area contributed by atoms with Crippen LogP contribution < -0.4 is 10.6 Å². The Kier molecular flexibility index (Phi) is 6.83. The van der Waals surface area contributed by atoms with Crippen LogP contribution in [0.2, 0.25) is 0 Å². The largest absolute Gasteiger partial charge is 0.347 e. The summed E-state index contributed by atoms with van der Waals surface area (Å²) in [7, 11) is 5.00. The Morgan fingerprint density at radius 2 is 1.70 bits per heavy atom. The molecule has 7 nitrogen and oxygen atoms in total. The zero-order valence-corrected chi connectivity index (χ0v) is 12.6. The summed E-state index contributed by atoms with van der Waals surface area (Å²) in [5.41, 5.74) is 0. The van der Waals surface area contributed by atoms with Crippen molar-refractivity contribution in [3.05, 3.63) is 0 Å². The summed E-state index contributed by atoms with van der Waals surface area (Å²) < 4.78 is 0. The summed E-state index contributed by atoms with van der Waals surface area (Å²) in [6.07, 6.45) is 3.36. The Labute approximate surface area is 120 Å². The van der Waals surface area contributed by atoms with Crippen LogP contribution in [-0.4, -0.2) is 74.9 Å². The number of carbonyl (C=O) groups excluding carboxylic acids is 2. The lowest BCUT2D eigenvalue weighted by Crippen LogP contribution is -2.47. The SMILES string of the molecule is CN=C(NCC(=O)N(C)C)NCC(=O)N1CCCCC1. The second-order valence-corrected chi connectivity index (χ2v) is 5.01. The Hall–Kier alpha value is -1.79. The van der Waals surface area contributed by atoms with Gasteiger partial charge in [0.2, 0.25) is 11.8 Å². The molecule has 114 valence electrons. The van der Waals surface area contributed by atoms with Crippen LogP contribution in [0.15, 0.2) is 4.99 Å². The highest BCUT2D eigenvalue weighted by Gasteiger charge is 2.16. The molecule has 1 fully saturated rings. The van der Waals surface area contributed by atoms with E-state index in [0.717, 1.165) is 25.9 Å². The summed E-state index contributed by atoms with van der Waals surface area (Å²) in [6, 6.07) is 0. The average molecular weight is 283 g/mol. The predicted octanol–water partition coefficient (Wildman–Crippen LogP) is -0.748. The minimum Gasteiger partial charge on any atom is -0.347 e. The summed E-state index contributed by atoms with van der Waals surface area (Å²) >= 11 is 0. The lowest BCUT2D eigenvalue weighted by atomic mass is 10.1. The Morgan fingerprint density at radius 1 is 1.10 bits per heavy atom. The molecule has 20 heavy (non-hydrogen) atoms. The highest BCUT2D eigenvalue weighted by atomic mass is 16.2. The highest BCUT2D eigenvalue weighted by Crippen LogP contribution is 2.07. The number of likely N-dealkylation sites (N-methyl/N-ethyl adjacent to an activating group) is 1. The van der Waals surface area contributed by atoms with Crippen LogP contribution in [-0.2, 0) is 9.59 Å². The number of rotatable bonds is 4. The van der Waals surface area contributed by atoms with E-state index < -0.39 is 0 Å². The summed E-state index contributed by atoms with van der Waals surface area (Å²) in [5, 5.41) is 5.82. The molecule has 0 unspecified atom stereocenters. The van der Waals surface area contributed by atoms with E-state index in [2.05, 4.69) is 15.6 Å². The second kappa shape index (κ2) is 8.39. The number of likely N-dealkylation sites (tertiary alicyclic amines) is 1. The van der Waals surface area contributed by atoms with Gasteiger partial charge in [-0.15, -0.1) is 0 Å². The van der Waals surface area contributed by atoms with Gasteiger partial charge in [0.05, 0.1) is 13.1 Å². The molecular weight excluding hydrogens is 258 g/mol. The topological polar surface area (TPSA) is 77.0 Å². The van der Waals surface area contributed by atoms with E-state index in [4.69, 9.17) is 0 Å². The molecule has 0 atom stereocenters. The molecule has 1 saturated heterocycles. The highest BCUT2D eigenvalue weighted by molar-refractivity contribution is 5.89. The maximum Gasteiger partial charge on any atom is 0.241 e. The fourth-order valence-corrected chi connectivity index (χ4v) is 1.95. The molecule has 0 aromatic heterocycles. The van der Waals surface area contributed by atoms with Crippen LogP contribution in [0.5, 0.6) is 0 Å². The van der Waals surface area contributed by atoms with Crippen molar-refractivity contribution in [3.63, 3.8) is 0 Å². The first-order valence-electron chi connectivity index (χ1n) is 6.97. The average Bonchev–Trinajstić information content (AvgIpc) is 2.47. The van der Waals surface area contributed by atoms with Gasteiger partial charge in [0.25, 0.3) is 0 Å². The number of nitrogens with zero attached hydrogens (tertiary/aromatic N) is 3. The number of aliphatic imine (C=N–C) groups is 1. The number of hydrogen-bond acceptors (Lipinski definition) is 3. The third-order valence-electron chi connectivity index (χ3n) is 3.25. The van der Waals surface area contributed by atoms with Crippen molar-refractivity contribution in [1.82, 2.24) is 20.4 Å². The molecule has 1 heterocycles. The van der Waals surface area contributed by atoms with Crippen molar-refractivity contribution < 1.29 is 9.59 Å². The minimum atomic E-state index is -0.0460. The fourth-order valence-electron chi connectivity index (χ4n) is 1.95. The van der Waals surface area contributed by atoms with E-state index in [1.165, 1.54) is 11.3 Å². The van der Waals surface area contributed by atoms with E-state index >= 15 is 0 Å². The van der Waals surface area contributed by atoms with Crippen LogP contribution in [0.1, 0.15) is 19.3 Å². The van der Waals surface area contributed by atoms with Crippen molar-refractivity contribution in [2.45, 2.75) is 19.3 Å². The molecule has 2 N–H and O–H groups in total. The van der Waals surface area contributed by atoms with Gasteiger partial charge in [-0.3, -0.25) is 14.6 Å². The van der Waals surface area contributed by atoms with Crippen LogP contribution in [0.25, 0.3) is 0 Å². The van der Waals surface area contributed by atoms with E-state index in [1.54, 1.807) is 21.1 Å². The monoisotopic (exact) mass is 283 g/mol. The lowest BCUT2D eigenvalue weighted by molar-refractivity contribution is -0.130. The Bertz CT molecular complexity index is 362. The van der Waals surface area contributed by atoms with Gasteiger partial charge in [-0.2, -0.15) is 0 Å². The summed E-state index contributed by atoms with van der Waals surface area (Å²) in [4.78, 5) is 30.8. The van der Waals surface area contributed by atoms with Gasteiger partial charge in [0.1, 0.15) is 0 Å². The molecule has 0 saturated carbocycles. The molecule has 0 bridgehead atoms. The number of piperidine rings is 1. The Morgan fingerprint density at radius 3 is 2.25 bits per heavy atom. The molecule has 1 rings (SSSR count). The van der Waals surface area contributed by atoms with Gasteiger partial charge >= 0.3 is 0 Å². The maximum absolute atomic E-state index is 12.0. The molecule has 0 aromatic rings. The standard InChI is InChI=1S/C13H25N5O2/c1-14-13(15-9-11(19)17(2)3)16-10-12(20)18-7-5-4-6-8-18/h4-10H2,1-3H3,(H2,14,15,16). The van der Waals surface area contributed by atoms with Crippen LogP contribution in [0.3, 0.4) is 0 Å². The van der Waals surface area contributed by atoms with E-state index in [1.807, 2.05) is 4.90 Å². The van der Waals surface area contributed by atoms with Gasteiger partial charge in [-0.25, -0.2) is 0 Å². The van der Waals surface area contributed by atoms with Crippen LogP contribution >= 0.6 is 0 Å². The fraction of sp³-hybridized carbons (Fsp3) is 0.769. The molecule has 0 aliphatic carbocycles. The van der Waals surface area contributed by atoms with Gasteiger partial charge in [0.15, 0.2) is 5.96 Å². The van der Waals surface area contributed by atoms with Crippen LogP contribution in [0, 0.1) is 0 Å². The number of amides is 2. The first kappa shape index (κ1) is 16.3. The molecule has 2 amide bonds. The molecule has 1 aliphatic heterocycles.